The van der Waals surface area contributed by atoms with E-state index in [2.05, 4.69) is 17.0 Å². The quantitative estimate of drug-likeness (QED) is 0.661. The van der Waals surface area contributed by atoms with Crippen molar-refractivity contribution in [3.8, 4) is 11.5 Å². The molecular weight excluding hydrogens is 364 g/mol. The summed E-state index contributed by atoms with van der Waals surface area (Å²) in [7, 11) is 3.37. The number of methoxy groups -OCH3 is 2. The van der Waals surface area contributed by atoms with E-state index in [1.807, 2.05) is 55.1 Å². The van der Waals surface area contributed by atoms with Crippen molar-refractivity contribution in [3.63, 3.8) is 0 Å². The SMILES string of the molecule is CCN(CC)C(=O)[C@H](c1ccccc1)N1CCC[C@@H]1c1cc(OC)ccc1OC. The fraction of sp³-hybridized carbons (Fsp3) is 0.458. The fourth-order valence-electron chi connectivity index (χ4n) is 4.35. The second-order valence-corrected chi connectivity index (χ2v) is 7.33. The van der Waals surface area contributed by atoms with E-state index in [1.54, 1.807) is 14.2 Å². The summed E-state index contributed by atoms with van der Waals surface area (Å²) >= 11 is 0. The molecule has 2 atom stereocenters. The molecule has 1 saturated heterocycles. The first-order valence-corrected chi connectivity index (χ1v) is 10.5. The predicted molar refractivity (Wildman–Crippen MR) is 115 cm³/mol. The summed E-state index contributed by atoms with van der Waals surface area (Å²) in [5.74, 6) is 1.80. The number of carbonyl (C=O) groups excluding carboxylic acids is 1. The van der Waals surface area contributed by atoms with Crippen LogP contribution in [0.5, 0.6) is 11.5 Å². The molecule has 1 aliphatic rings. The molecule has 2 aromatic rings. The van der Waals surface area contributed by atoms with E-state index in [9.17, 15) is 4.79 Å². The van der Waals surface area contributed by atoms with Crippen LogP contribution in [0.1, 0.15) is 49.9 Å². The van der Waals surface area contributed by atoms with Crippen molar-refractivity contribution in [3.05, 3.63) is 59.7 Å². The zero-order chi connectivity index (χ0) is 20.8. The fourth-order valence-corrected chi connectivity index (χ4v) is 4.35. The summed E-state index contributed by atoms with van der Waals surface area (Å²) in [6.07, 6.45) is 2.03. The molecule has 0 aliphatic carbocycles. The average Bonchev–Trinajstić information content (AvgIpc) is 3.24. The second kappa shape index (κ2) is 9.79. The van der Waals surface area contributed by atoms with Gasteiger partial charge in [-0.1, -0.05) is 30.3 Å². The lowest BCUT2D eigenvalue weighted by Gasteiger charge is -2.36. The molecule has 0 spiro atoms. The lowest BCUT2D eigenvalue weighted by molar-refractivity contribution is -0.137. The smallest absolute Gasteiger partial charge is 0.244 e. The molecule has 0 N–H and O–H groups in total. The average molecular weight is 397 g/mol. The number of nitrogens with zero attached hydrogens (tertiary/aromatic N) is 2. The van der Waals surface area contributed by atoms with Crippen molar-refractivity contribution >= 4 is 5.91 Å². The molecule has 3 rings (SSSR count). The van der Waals surface area contributed by atoms with Gasteiger partial charge in [-0.05, 0) is 57.0 Å². The lowest BCUT2D eigenvalue weighted by Crippen LogP contribution is -2.43. The van der Waals surface area contributed by atoms with Gasteiger partial charge < -0.3 is 14.4 Å². The second-order valence-electron chi connectivity index (χ2n) is 7.33. The van der Waals surface area contributed by atoms with Crippen LogP contribution in [-0.4, -0.2) is 49.6 Å². The molecule has 5 nitrogen and oxygen atoms in total. The molecular formula is C24H32N2O3. The van der Waals surface area contributed by atoms with Crippen LogP contribution >= 0.6 is 0 Å². The van der Waals surface area contributed by atoms with Crippen LogP contribution in [0.4, 0.5) is 0 Å². The normalized spacial score (nSPS) is 17.7. The minimum absolute atomic E-state index is 0.102. The maximum absolute atomic E-state index is 13.6. The summed E-state index contributed by atoms with van der Waals surface area (Å²) in [5.41, 5.74) is 2.12. The summed E-state index contributed by atoms with van der Waals surface area (Å²) in [4.78, 5) is 17.8. The Labute approximate surface area is 174 Å². The Morgan fingerprint density at radius 1 is 1.10 bits per heavy atom. The van der Waals surface area contributed by atoms with Gasteiger partial charge in [0.1, 0.15) is 17.5 Å². The van der Waals surface area contributed by atoms with Gasteiger partial charge in [0, 0.05) is 24.7 Å². The minimum atomic E-state index is -0.306. The van der Waals surface area contributed by atoms with E-state index in [0.29, 0.717) is 13.1 Å². The highest BCUT2D eigenvalue weighted by Gasteiger charge is 2.39. The third-order valence-electron chi connectivity index (χ3n) is 5.85. The molecule has 1 aliphatic heterocycles. The van der Waals surface area contributed by atoms with Gasteiger partial charge in [0.2, 0.25) is 5.91 Å². The number of ether oxygens (including phenoxy) is 2. The Bertz CT molecular complexity index is 805. The highest BCUT2D eigenvalue weighted by atomic mass is 16.5. The number of hydrogen-bond acceptors (Lipinski definition) is 4. The number of hydrogen-bond donors (Lipinski definition) is 0. The molecule has 1 amide bonds. The molecule has 5 heteroatoms. The van der Waals surface area contributed by atoms with Gasteiger partial charge >= 0.3 is 0 Å². The summed E-state index contributed by atoms with van der Waals surface area (Å²) in [5, 5.41) is 0. The Balaban J connectivity index is 2.04. The number of amides is 1. The summed E-state index contributed by atoms with van der Waals surface area (Å²) in [6, 6.07) is 15.8. The molecule has 0 unspecified atom stereocenters. The molecule has 156 valence electrons. The number of likely N-dealkylation sites (tertiary alicyclic amines) is 1. The first-order chi connectivity index (χ1) is 14.1. The van der Waals surface area contributed by atoms with Crippen LogP contribution in [-0.2, 0) is 4.79 Å². The van der Waals surface area contributed by atoms with Gasteiger partial charge in [-0.2, -0.15) is 0 Å². The zero-order valence-electron chi connectivity index (χ0n) is 17.9. The van der Waals surface area contributed by atoms with Crippen LogP contribution in [0.2, 0.25) is 0 Å². The minimum Gasteiger partial charge on any atom is -0.497 e. The third-order valence-corrected chi connectivity index (χ3v) is 5.85. The lowest BCUT2D eigenvalue weighted by atomic mass is 9.98. The third kappa shape index (κ3) is 4.40. The largest absolute Gasteiger partial charge is 0.497 e. The van der Waals surface area contributed by atoms with Crippen molar-refractivity contribution < 1.29 is 14.3 Å². The summed E-state index contributed by atoms with van der Waals surface area (Å²) in [6.45, 7) is 6.36. The van der Waals surface area contributed by atoms with E-state index >= 15 is 0 Å². The van der Waals surface area contributed by atoms with Gasteiger partial charge in [0.05, 0.1) is 14.2 Å². The maximum atomic E-state index is 13.6. The van der Waals surface area contributed by atoms with Gasteiger partial charge in [-0.3, -0.25) is 9.69 Å². The maximum Gasteiger partial charge on any atom is 0.244 e. The number of likely N-dealkylation sites (N-methyl/N-ethyl adjacent to an activating group) is 1. The molecule has 0 aromatic heterocycles. The van der Waals surface area contributed by atoms with Crippen molar-refractivity contribution in [2.45, 2.75) is 38.8 Å². The van der Waals surface area contributed by atoms with Crippen molar-refractivity contribution in [2.24, 2.45) is 0 Å². The van der Waals surface area contributed by atoms with E-state index in [1.165, 1.54) is 0 Å². The van der Waals surface area contributed by atoms with Crippen molar-refractivity contribution in [1.82, 2.24) is 9.80 Å². The highest BCUT2D eigenvalue weighted by Crippen LogP contribution is 2.43. The molecule has 0 radical (unpaired) electrons. The van der Waals surface area contributed by atoms with E-state index in [-0.39, 0.29) is 18.0 Å². The molecule has 29 heavy (non-hydrogen) atoms. The molecule has 0 saturated carbocycles. The van der Waals surface area contributed by atoms with E-state index in [4.69, 9.17) is 9.47 Å². The molecule has 2 aromatic carbocycles. The van der Waals surface area contributed by atoms with Crippen LogP contribution in [0.3, 0.4) is 0 Å². The van der Waals surface area contributed by atoms with Gasteiger partial charge in [0.15, 0.2) is 0 Å². The monoisotopic (exact) mass is 396 g/mol. The van der Waals surface area contributed by atoms with Crippen LogP contribution in [0, 0.1) is 0 Å². The Kier molecular flexibility index (Phi) is 7.15. The Morgan fingerprint density at radius 2 is 1.83 bits per heavy atom. The first kappa shape index (κ1) is 21.2. The first-order valence-electron chi connectivity index (χ1n) is 10.5. The number of rotatable bonds is 8. The van der Waals surface area contributed by atoms with Crippen molar-refractivity contribution in [1.29, 1.82) is 0 Å². The predicted octanol–water partition coefficient (Wildman–Crippen LogP) is 4.45. The van der Waals surface area contributed by atoms with Crippen LogP contribution < -0.4 is 9.47 Å². The van der Waals surface area contributed by atoms with Gasteiger partial charge in [-0.25, -0.2) is 0 Å². The zero-order valence-corrected chi connectivity index (χ0v) is 17.9. The van der Waals surface area contributed by atoms with Crippen molar-refractivity contribution in [2.75, 3.05) is 33.9 Å². The van der Waals surface area contributed by atoms with E-state index in [0.717, 1.165) is 42.0 Å². The topological polar surface area (TPSA) is 42.0 Å². The van der Waals surface area contributed by atoms with Gasteiger partial charge in [-0.15, -0.1) is 0 Å². The molecule has 1 fully saturated rings. The van der Waals surface area contributed by atoms with Gasteiger partial charge in [0.25, 0.3) is 0 Å². The Hall–Kier alpha value is -2.53. The Morgan fingerprint density at radius 3 is 2.45 bits per heavy atom. The van der Waals surface area contributed by atoms with Crippen LogP contribution in [0.25, 0.3) is 0 Å². The number of carbonyl (C=O) groups is 1. The number of benzene rings is 2. The summed E-state index contributed by atoms with van der Waals surface area (Å²) < 4.78 is 11.1. The van der Waals surface area contributed by atoms with Crippen LogP contribution in [0.15, 0.2) is 48.5 Å². The standard InChI is InChI=1S/C24H32N2O3/c1-5-25(6-2)24(27)23(18-11-8-7-9-12-18)26-16-10-13-21(26)20-17-19(28-3)14-15-22(20)29-4/h7-9,11-12,14-15,17,21,23H,5-6,10,13,16H2,1-4H3/t21-,23+/m1/s1. The highest BCUT2D eigenvalue weighted by molar-refractivity contribution is 5.83. The molecule has 1 heterocycles. The molecule has 0 bridgehead atoms. The van der Waals surface area contributed by atoms with E-state index < -0.39 is 0 Å².